The van der Waals surface area contributed by atoms with E-state index in [1.54, 1.807) is 36.4 Å². The Balaban J connectivity index is 1.85. The Kier molecular flexibility index (Phi) is 5.04. The highest BCUT2D eigenvalue weighted by Crippen LogP contribution is 2.26. The molecule has 1 saturated heterocycles. The molecule has 1 aromatic heterocycles. The van der Waals surface area contributed by atoms with Gasteiger partial charge in [-0.25, -0.2) is 16.8 Å². The number of hydrogen-bond donors (Lipinski definition) is 1. The van der Waals surface area contributed by atoms with Gasteiger partial charge in [-0.1, -0.05) is 19.1 Å². The average molecular weight is 383 g/mol. The highest BCUT2D eigenvalue weighted by molar-refractivity contribution is 7.96. The topological polar surface area (TPSA) is 93.5 Å². The number of furan rings is 1. The zero-order chi connectivity index (χ0) is 18.1. The van der Waals surface area contributed by atoms with Gasteiger partial charge in [-0.3, -0.25) is 0 Å². The molecule has 0 bridgehead atoms. The molecule has 2 heterocycles. The monoisotopic (exact) mass is 383 g/mol. The largest absolute Gasteiger partial charge is 0.468 e. The average Bonchev–Trinajstić information content (AvgIpc) is 3.20. The third kappa shape index (κ3) is 3.96. The molecule has 2 atom stereocenters. The standard InChI is InChI=1S/C17H21NO5S2/c1-2-13-5-7-15(8-6-13)25(21,22)17-12-24(19,20)11-16(17)18-10-14-4-3-9-23-14/h3-9,16-18H,2,10-12H2,1H3/t16-,17-/m0/s1. The van der Waals surface area contributed by atoms with Crippen molar-refractivity contribution in [3.8, 4) is 0 Å². The van der Waals surface area contributed by atoms with Gasteiger partial charge in [0.25, 0.3) is 0 Å². The Bertz CT molecular complexity index is 916. The van der Waals surface area contributed by atoms with E-state index in [4.69, 9.17) is 4.42 Å². The zero-order valence-electron chi connectivity index (χ0n) is 13.9. The highest BCUT2D eigenvalue weighted by atomic mass is 32.2. The summed E-state index contributed by atoms with van der Waals surface area (Å²) in [4.78, 5) is 0.164. The van der Waals surface area contributed by atoms with Crippen LogP contribution < -0.4 is 5.32 Å². The molecule has 0 unspecified atom stereocenters. The Hall–Kier alpha value is -1.64. The van der Waals surface area contributed by atoms with Crippen LogP contribution in [0.5, 0.6) is 0 Å². The Morgan fingerprint density at radius 3 is 2.48 bits per heavy atom. The van der Waals surface area contributed by atoms with E-state index >= 15 is 0 Å². The Morgan fingerprint density at radius 2 is 1.88 bits per heavy atom. The van der Waals surface area contributed by atoms with Gasteiger partial charge >= 0.3 is 0 Å². The normalized spacial score (nSPS) is 22.9. The number of hydrogen-bond acceptors (Lipinski definition) is 6. The van der Waals surface area contributed by atoms with Gasteiger partial charge in [-0.05, 0) is 36.2 Å². The second kappa shape index (κ2) is 6.93. The first kappa shape index (κ1) is 18.2. The van der Waals surface area contributed by atoms with Gasteiger partial charge in [-0.15, -0.1) is 0 Å². The van der Waals surface area contributed by atoms with Crippen LogP contribution in [0.25, 0.3) is 0 Å². The highest BCUT2D eigenvalue weighted by Gasteiger charge is 2.45. The minimum atomic E-state index is -3.75. The molecule has 6 nitrogen and oxygen atoms in total. The summed E-state index contributed by atoms with van der Waals surface area (Å²) >= 11 is 0. The van der Waals surface area contributed by atoms with Crippen molar-refractivity contribution >= 4 is 19.7 Å². The summed E-state index contributed by atoms with van der Waals surface area (Å²) in [7, 11) is -7.16. The van der Waals surface area contributed by atoms with Crippen LogP contribution in [0.3, 0.4) is 0 Å². The maximum atomic E-state index is 13.0. The molecule has 0 amide bonds. The quantitative estimate of drug-likeness (QED) is 0.814. The number of aryl methyl sites for hydroxylation is 1. The predicted octanol–water partition coefficient (Wildman–Crippen LogP) is 1.57. The first-order valence-electron chi connectivity index (χ1n) is 8.11. The summed E-state index contributed by atoms with van der Waals surface area (Å²) in [5, 5.41) is 2.04. The fraction of sp³-hybridized carbons (Fsp3) is 0.412. The van der Waals surface area contributed by atoms with Crippen molar-refractivity contribution in [3.05, 3.63) is 54.0 Å². The smallest absolute Gasteiger partial charge is 0.183 e. The molecule has 1 aromatic carbocycles. The molecule has 0 radical (unpaired) electrons. The summed E-state index contributed by atoms with van der Waals surface area (Å²) in [6.45, 7) is 2.27. The lowest BCUT2D eigenvalue weighted by Crippen LogP contribution is -2.42. The summed E-state index contributed by atoms with van der Waals surface area (Å²) in [5.74, 6) is 0.0819. The van der Waals surface area contributed by atoms with Crippen LogP contribution in [-0.2, 0) is 32.6 Å². The van der Waals surface area contributed by atoms with Gasteiger partial charge in [0.05, 0.1) is 34.5 Å². The SMILES string of the molecule is CCc1ccc(S(=O)(=O)[C@H]2CS(=O)(=O)C[C@@H]2NCc2ccco2)cc1. The lowest BCUT2D eigenvalue weighted by atomic mass is 10.2. The van der Waals surface area contributed by atoms with E-state index in [-0.39, 0.29) is 22.9 Å². The van der Waals surface area contributed by atoms with E-state index in [1.165, 1.54) is 6.26 Å². The summed E-state index contributed by atoms with van der Waals surface area (Å²) in [6, 6.07) is 9.47. The first-order valence-corrected chi connectivity index (χ1v) is 11.5. The number of benzene rings is 1. The summed E-state index contributed by atoms with van der Waals surface area (Å²) in [5.41, 5.74) is 1.03. The number of nitrogens with one attached hydrogen (secondary N) is 1. The van der Waals surface area contributed by atoms with E-state index in [9.17, 15) is 16.8 Å². The van der Waals surface area contributed by atoms with Crippen molar-refractivity contribution in [3.63, 3.8) is 0 Å². The van der Waals surface area contributed by atoms with Crippen molar-refractivity contribution in [2.45, 2.75) is 36.1 Å². The number of rotatable bonds is 6. The van der Waals surface area contributed by atoms with Gasteiger partial charge < -0.3 is 9.73 Å². The second-order valence-corrected chi connectivity index (χ2v) is 10.5. The van der Waals surface area contributed by atoms with Crippen molar-refractivity contribution in [2.24, 2.45) is 0 Å². The zero-order valence-corrected chi connectivity index (χ0v) is 15.5. The lowest BCUT2D eigenvalue weighted by Gasteiger charge is -2.19. The molecule has 1 aliphatic rings. The third-order valence-electron chi connectivity index (χ3n) is 4.48. The van der Waals surface area contributed by atoms with Gasteiger partial charge in [-0.2, -0.15) is 0 Å². The van der Waals surface area contributed by atoms with Crippen LogP contribution in [0.15, 0.2) is 52.0 Å². The maximum absolute atomic E-state index is 13.0. The van der Waals surface area contributed by atoms with Crippen LogP contribution in [0.2, 0.25) is 0 Å². The molecule has 0 spiro atoms. The van der Waals surface area contributed by atoms with E-state index in [1.807, 2.05) is 6.92 Å². The lowest BCUT2D eigenvalue weighted by molar-refractivity contribution is 0.454. The molecule has 0 aliphatic carbocycles. The molecule has 1 N–H and O–H groups in total. The third-order valence-corrected chi connectivity index (χ3v) is 8.64. The van der Waals surface area contributed by atoms with Crippen molar-refractivity contribution in [2.75, 3.05) is 11.5 Å². The molecule has 136 valence electrons. The van der Waals surface area contributed by atoms with Crippen molar-refractivity contribution < 1.29 is 21.3 Å². The second-order valence-electron chi connectivity index (χ2n) is 6.22. The van der Waals surface area contributed by atoms with Crippen LogP contribution in [0.4, 0.5) is 0 Å². The van der Waals surface area contributed by atoms with Gasteiger partial charge in [0.1, 0.15) is 5.76 Å². The molecule has 1 aliphatic heterocycles. The van der Waals surface area contributed by atoms with Crippen LogP contribution in [-0.4, -0.2) is 39.6 Å². The van der Waals surface area contributed by atoms with Crippen molar-refractivity contribution in [1.29, 1.82) is 0 Å². The first-order chi connectivity index (χ1) is 11.8. The molecule has 1 fully saturated rings. The van der Waals surface area contributed by atoms with E-state index < -0.39 is 31.0 Å². The molecule has 25 heavy (non-hydrogen) atoms. The molecule has 8 heteroatoms. The fourth-order valence-corrected chi connectivity index (χ4v) is 7.76. The predicted molar refractivity (Wildman–Crippen MR) is 94.8 cm³/mol. The molecular formula is C17H21NO5S2. The van der Waals surface area contributed by atoms with Crippen LogP contribution >= 0.6 is 0 Å². The summed E-state index contributed by atoms with van der Waals surface area (Å²) in [6.07, 6.45) is 2.33. The molecule has 2 aromatic rings. The van der Waals surface area contributed by atoms with E-state index in [2.05, 4.69) is 5.32 Å². The Morgan fingerprint density at radius 1 is 1.16 bits per heavy atom. The van der Waals surface area contributed by atoms with E-state index in [0.29, 0.717) is 5.76 Å². The maximum Gasteiger partial charge on any atom is 0.183 e. The van der Waals surface area contributed by atoms with E-state index in [0.717, 1.165) is 12.0 Å². The summed E-state index contributed by atoms with van der Waals surface area (Å²) < 4.78 is 55.3. The Labute approximate surface area is 148 Å². The van der Waals surface area contributed by atoms with Crippen molar-refractivity contribution in [1.82, 2.24) is 5.32 Å². The van der Waals surface area contributed by atoms with Gasteiger partial charge in [0.2, 0.25) is 0 Å². The van der Waals surface area contributed by atoms with Gasteiger partial charge in [0, 0.05) is 6.04 Å². The molecule has 0 saturated carbocycles. The molecular weight excluding hydrogens is 362 g/mol. The number of sulfone groups is 2. The minimum absolute atomic E-state index is 0.164. The van der Waals surface area contributed by atoms with Crippen LogP contribution in [0.1, 0.15) is 18.2 Å². The van der Waals surface area contributed by atoms with Gasteiger partial charge in [0.15, 0.2) is 19.7 Å². The molecule has 3 rings (SSSR count). The minimum Gasteiger partial charge on any atom is -0.468 e. The fourth-order valence-electron chi connectivity index (χ4n) is 3.05. The van der Waals surface area contributed by atoms with Crippen LogP contribution in [0, 0.1) is 0 Å².